The molecule has 0 aliphatic carbocycles. The number of nitrogens with one attached hydrogen (secondary N) is 1. The molecule has 6 nitrogen and oxygen atoms in total. The highest BCUT2D eigenvalue weighted by Gasteiger charge is 2.17. The fourth-order valence-electron chi connectivity index (χ4n) is 1.20. The molecule has 0 aliphatic heterocycles. The number of anilines is 1. The van der Waals surface area contributed by atoms with E-state index < -0.39 is 21.7 Å². The first-order valence-electron chi connectivity index (χ1n) is 5.18. The molecule has 1 aromatic carbocycles. The molecule has 18 heavy (non-hydrogen) atoms. The van der Waals surface area contributed by atoms with Gasteiger partial charge in [0.05, 0.1) is 6.61 Å². The SMILES string of the molecule is CCOC(=O)CS(=O)(=O)Nc1ccc(C=O)cc1. The van der Waals surface area contributed by atoms with Crippen LogP contribution in [-0.4, -0.2) is 33.0 Å². The normalized spacial score (nSPS) is 10.7. The number of carbonyl (C=O) groups excluding carboxylic acids is 2. The number of aldehydes is 1. The summed E-state index contributed by atoms with van der Waals surface area (Å²) in [5.74, 6) is -1.55. The van der Waals surface area contributed by atoms with Crippen molar-refractivity contribution < 1.29 is 22.7 Å². The summed E-state index contributed by atoms with van der Waals surface area (Å²) in [6, 6.07) is 5.81. The molecule has 0 unspecified atom stereocenters. The molecule has 0 saturated heterocycles. The standard InChI is InChI=1S/C11H13NO5S/c1-2-17-11(14)8-18(15,16)12-10-5-3-9(7-13)4-6-10/h3-7,12H,2,8H2,1H3. The van der Waals surface area contributed by atoms with E-state index in [0.717, 1.165) is 0 Å². The van der Waals surface area contributed by atoms with E-state index in [2.05, 4.69) is 9.46 Å². The Morgan fingerprint density at radius 3 is 2.44 bits per heavy atom. The summed E-state index contributed by atoms with van der Waals surface area (Å²) in [6.07, 6.45) is 0.650. The van der Waals surface area contributed by atoms with Crippen LogP contribution in [-0.2, 0) is 19.6 Å². The van der Waals surface area contributed by atoms with Gasteiger partial charge in [-0.05, 0) is 31.2 Å². The lowest BCUT2D eigenvalue weighted by Gasteiger charge is -2.07. The van der Waals surface area contributed by atoms with Crippen LogP contribution < -0.4 is 4.72 Å². The average molecular weight is 271 g/mol. The molecular formula is C11H13NO5S. The third-order valence-corrected chi connectivity index (χ3v) is 3.10. The Labute approximate surface area is 105 Å². The van der Waals surface area contributed by atoms with Gasteiger partial charge in [0.1, 0.15) is 6.29 Å². The van der Waals surface area contributed by atoms with Crippen LogP contribution in [0.3, 0.4) is 0 Å². The third kappa shape index (κ3) is 4.54. The lowest BCUT2D eigenvalue weighted by Crippen LogP contribution is -2.24. The first-order valence-corrected chi connectivity index (χ1v) is 6.83. The zero-order valence-electron chi connectivity index (χ0n) is 9.75. The van der Waals surface area contributed by atoms with Gasteiger partial charge >= 0.3 is 5.97 Å². The maximum absolute atomic E-state index is 11.6. The van der Waals surface area contributed by atoms with E-state index in [1.165, 1.54) is 24.3 Å². The molecule has 0 fully saturated rings. The number of hydrogen-bond donors (Lipinski definition) is 1. The summed E-state index contributed by atoms with van der Waals surface area (Å²) in [5, 5.41) is 0. The Balaban J connectivity index is 2.69. The first kappa shape index (κ1) is 14.2. The number of carbonyl (C=O) groups is 2. The molecule has 0 aliphatic rings. The second-order valence-electron chi connectivity index (χ2n) is 3.41. The van der Waals surface area contributed by atoms with E-state index >= 15 is 0 Å². The highest BCUT2D eigenvalue weighted by molar-refractivity contribution is 7.93. The van der Waals surface area contributed by atoms with E-state index in [1.54, 1.807) is 6.92 Å². The molecular weight excluding hydrogens is 258 g/mol. The van der Waals surface area contributed by atoms with E-state index in [1.807, 2.05) is 0 Å². The Morgan fingerprint density at radius 1 is 1.33 bits per heavy atom. The van der Waals surface area contributed by atoms with Gasteiger partial charge in [-0.25, -0.2) is 8.42 Å². The van der Waals surface area contributed by atoms with Crippen molar-refractivity contribution >= 4 is 28.0 Å². The zero-order chi connectivity index (χ0) is 13.6. The molecule has 7 heteroatoms. The number of benzene rings is 1. The summed E-state index contributed by atoms with van der Waals surface area (Å²) >= 11 is 0. The Kier molecular flexibility index (Phi) is 4.85. The monoisotopic (exact) mass is 271 g/mol. The van der Waals surface area contributed by atoms with Crippen molar-refractivity contribution in [3.05, 3.63) is 29.8 Å². The van der Waals surface area contributed by atoms with E-state index in [4.69, 9.17) is 0 Å². The summed E-state index contributed by atoms with van der Waals surface area (Å²) in [7, 11) is -3.79. The molecule has 0 heterocycles. The zero-order valence-corrected chi connectivity index (χ0v) is 10.6. The van der Waals surface area contributed by atoms with Crippen molar-refractivity contribution in [2.45, 2.75) is 6.92 Å². The topological polar surface area (TPSA) is 89.5 Å². The van der Waals surface area contributed by atoms with Gasteiger partial charge in [0, 0.05) is 11.3 Å². The molecule has 98 valence electrons. The van der Waals surface area contributed by atoms with Crippen LogP contribution in [0.4, 0.5) is 5.69 Å². The van der Waals surface area contributed by atoms with Crippen molar-refractivity contribution in [2.24, 2.45) is 0 Å². The third-order valence-electron chi connectivity index (χ3n) is 1.93. The van der Waals surface area contributed by atoms with Crippen LogP contribution >= 0.6 is 0 Å². The average Bonchev–Trinajstić information content (AvgIpc) is 2.29. The number of ether oxygens (including phenoxy) is 1. The molecule has 0 bridgehead atoms. The fourth-order valence-corrected chi connectivity index (χ4v) is 2.16. The van der Waals surface area contributed by atoms with Gasteiger partial charge in [0.25, 0.3) is 0 Å². The molecule has 0 aromatic heterocycles. The quantitative estimate of drug-likeness (QED) is 0.610. The lowest BCUT2D eigenvalue weighted by molar-refractivity contribution is -0.139. The molecule has 1 aromatic rings. The maximum atomic E-state index is 11.6. The molecule has 0 radical (unpaired) electrons. The van der Waals surface area contributed by atoms with Crippen molar-refractivity contribution in [1.29, 1.82) is 0 Å². The molecule has 0 amide bonds. The highest BCUT2D eigenvalue weighted by Crippen LogP contribution is 2.10. The van der Waals surface area contributed by atoms with Crippen molar-refractivity contribution in [3.8, 4) is 0 Å². The first-order chi connectivity index (χ1) is 8.46. The maximum Gasteiger partial charge on any atom is 0.323 e. The van der Waals surface area contributed by atoms with Crippen molar-refractivity contribution in [3.63, 3.8) is 0 Å². The second kappa shape index (κ2) is 6.15. The van der Waals surface area contributed by atoms with Gasteiger partial charge in [0.2, 0.25) is 10.0 Å². The number of hydrogen-bond acceptors (Lipinski definition) is 5. The van der Waals surface area contributed by atoms with Crippen LogP contribution in [0.15, 0.2) is 24.3 Å². The minimum absolute atomic E-state index is 0.127. The van der Waals surface area contributed by atoms with E-state index in [9.17, 15) is 18.0 Å². The van der Waals surface area contributed by atoms with Gasteiger partial charge in [-0.3, -0.25) is 14.3 Å². The summed E-state index contributed by atoms with van der Waals surface area (Å²) in [5.41, 5.74) is 0.716. The van der Waals surface area contributed by atoms with Gasteiger partial charge in [-0.1, -0.05) is 0 Å². The number of sulfonamides is 1. The van der Waals surface area contributed by atoms with Crippen LogP contribution in [0.5, 0.6) is 0 Å². The van der Waals surface area contributed by atoms with Crippen LogP contribution in [0.1, 0.15) is 17.3 Å². The summed E-state index contributed by atoms with van der Waals surface area (Å²) in [4.78, 5) is 21.5. The molecule has 1 rings (SSSR count). The molecule has 0 saturated carbocycles. The van der Waals surface area contributed by atoms with Gasteiger partial charge in [-0.2, -0.15) is 0 Å². The minimum Gasteiger partial charge on any atom is -0.465 e. The van der Waals surface area contributed by atoms with Gasteiger partial charge in [-0.15, -0.1) is 0 Å². The summed E-state index contributed by atoms with van der Waals surface area (Å²) in [6.45, 7) is 1.72. The van der Waals surface area contributed by atoms with Crippen LogP contribution in [0.25, 0.3) is 0 Å². The Morgan fingerprint density at radius 2 is 1.94 bits per heavy atom. The van der Waals surface area contributed by atoms with Crippen LogP contribution in [0.2, 0.25) is 0 Å². The van der Waals surface area contributed by atoms with Crippen molar-refractivity contribution in [2.75, 3.05) is 17.1 Å². The van der Waals surface area contributed by atoms with E-state index in [0.29, 0.717) is 11.8 Å². The predicted molar refractivity (Wildman–Crippen MR) is 65.9 cm³/mol. The van der Waals surface area contributed by atoms with Crippen molar-refractivity contribution in [1.82, 2.24) is 0 Å². The van der Waals surface area contributed by atoms with E-state index in [-0.39, 0.29) is 12.3 Å². The molecule has 1 N–H and O–H groups in total. The summed E-state index contributed by atoms with van der Waals surface area (Å²) < 4.78 is 29.9. The molecule has 0 atom stereocenters. The van der Waals surface area contributed by atoms with Gasteiger partial charge in [0.15, 0.2) is 5.75 Å². The Bertz CT molecular complexity index is 521. The minimum atomic E-state index is -3.79. The Hall–Kier alpha value is -1.89. The number of rotatable bonds is 6. The van der Waals surface area contributed by atoms with Gasteiger partial charge < -0.3 is 4.74 Å². The largest absolute Gasteiger partial charge is 0.465 e. The van der Waals surface area contributed by atoms with Crippen LogP contribution in [0, 0.1) is 0 Å². The fraction of sp³-hybridized carbons (Fsp3) is 0.273. The highest BCUT2D eigenvalue weighted by atomic mass is 32.2. The second-order valence-corrected chi connectivity index (χ2v) is 5.13. The number of esters is 1. The smallest absolute Gasteiger partial charge is 0.323 e. The lowest BCUT2D eigenvalue weighted by atomic mass is 10.2. The predicted octanol–water partition coefficient (Wildman–Crippen LogP) is 0.804. The molecule has 0 spiro atoms.